The molecule has 2 aromatic carbocycles. The SMILES string of the molecule is CC(C)C[C@H](NC(=O)[C@H](C)NC(=O)c1c#cc(CNCCCN2CCN(C)CC2)cc1)C(=O)NC1CCCC[C@H]1c1cccc(Cl)c1. The Hall–Kier alpha value is -3.16. The molecular formula is C37H53ClN6O3. The molecule has 0 radical (unpaired) electrons. The Morgan fingerprint density at radius 3 is 2.43 bits per heavy atom. The van der Waals surface area contributed by atoms with Crippen molar-refractivity contribution in [2.75, 3.05) is 46.3 Å². The third-order valence-electron chi connectivity index (χ3n) is 9.24. The van der Waals surface area contributed by atoms with Crippen molar-refractivity contribution in [1.29, 1.82) is 0 Å². The molecule has 1 aliphatic carbocycles. The van der Waals surface area contributed by atoms with Crippen LogP contribution in [0.5, 0.6) is 0 Å². The molecule has 0 aromatic heterocycles. The van der Waals surface area contributed by atoms with Gasteiger partial charge in [-0.05, 0) is 88.5 Å². The van der Waals surface area contributed by atoms with Gasteiger partial charge in [-0.15, -0.1) is 0 Å². The molecule has 0 spiro atoms. The van der Waals surface area contributed by atoms with Crippen LogP contribution in [0.1, 0.15) is 86.7 Å². The Balaban J connectivity index is 1.23. The standard InChI is InChI=1S/C37H53ClN6O3/c1-26(2)23-34(37(47)41-33-12-6-5-11-32(33)30-9-7-10-31(38)24-30)42-35(45)27(3)40-36(46)29-15-13-28(14-16-29)25-39-17-8-18-44-21-19-43(4)20-22-44/h7,9-10,13,15,24,26-27,32-34,39H,5-6,8,11-12,17-23,25H2,1-4H3,(H,40,46)(H,41,47)(H,42,45)/t27-,32-,33?,34-/m0/s1. The Labute approximate surface area is 286 Å². The van der Waals surface area contributed by atoms with Gasteiger partial charge in [0.2, 0.25) is 11.8 Å². The van der Waals surface area contributed by atoms with Crippen molar-refractivity contribution in [2.45, 2.75) is 89.9 Å². The summed E-state index contributed by atoms with van der Waals surface area (Å²) in [6, 6.07) is 15.8. The lowest BCUT2D eigenvalue weighted by Crippen LogP contribution is -2.55. The summed E-state index contributed by atoms with van der Waals surface area (Å²) in [5.74, 6) is -0.665. The molecule has 1 aliphatic heterocycles. The summed E-state index contributed by atoms with van der Waals surface area (Å²) >= 11 is 6.27. The molecule has 4 atom stereocenters. The number of hydrogen-bond acceptors (Lipinski definition) is 6. The van der Waals surface area contributed by atoms with Crippen LogP contribution in [0.4, 0.5) is 0 Å². The van der Waals surface area contributed by atoms with E-state index in [9.17, 15) is 14.4 Å². The number of nitrogens with one attached hydrogen (secondary N) is 4. The fraction of sp³-hybridized carbons (Fsp3) is 0.595. The number of rotatable bonds is 15. The van der Waals surface area contributed by atoms with Crippen LogP contribution < -0.4 is 21.3 Å². The molecular weight excluding hydrogens is 612 g/mol. The number of amides is 3. The van der Waals surface area contributed by atoms with Crippen molar-refractivity contribution >= 4 is 29.3 Å². The molecule has 4 N–H and O–H groups in total. The predicted octanol–water partition coefficient (Wildman–Crippen LogP) is 4.16. The third kappa shape index (κ3) is 11.8. The maximum Gasteiger partial charge on any atom is 0.260 e. The molecule has 0 bridgehead atoms. The van der Waals surface area contributed by atoms with Crippen LogP contribution in [-0.2, 0) is 16.1 Å². The van der Waals surface area contributed by atoms with Gasteiger partial charge in [-0.25, -0.2) is 0 Å². The van der Waals surface area contributed by atoms with Crippen molar-refractivity contribution in [3.05, 3.63) is 70.2 Å². The zero-order chi connectivity index (χ0) is 33.8. The highest BCUT2D eigenvalue weighted by atomic mass is 35.5. The van der Waals surface area contributed by atoms with Gasteiger partial charge in [-0.1, -0.05) is 62.6 Å². The van der Waals surface area contributed by atoms with E-state index in [1.807, 2.05) is 38.1 Å². The van der Waals surface area contributed by atoms with Gasteiger partial charge in [-0.3, -0.25) is 14.4 Å². The Bertz CT molecular complexity index is 1300. The third-order valence-corrected chi connectivity index (χ3v) is 9.48. The van der Waals surface area contributed by atoms with E-state index in [2.05, 4.69) is 56.3 Å². The van der Waals surface area contributed by atoms with Crippen LogP contribution in [0.2, 0.25) is 5.02 Å². The highest BCUT2D eigenvalue weighted by Crippen LogP contribution is 2.34. The second-order valence-corrected chi connectivity index (χ2v) is 14.1. The average Bonchev–Trinajstić information content (AvgIpc) is 3.05. The summed E-state index contributed by atoms with van der Waals surface area (Å²) in [5, 5.41) is 13.0. The summed E-state index contributed by atoms with van der Waals surface area (Å²) < 4.78 is 0. The second kappa shape index (κ2) is 18.4. The minimum atomic E-state index is -0.839. The van der Waals surface area contributed by atoms with E-state index in [4.69, 9.17) is 11.6 Å². The van der Waals surface area contributed by atoms with Gasteiger partial charge in [0.15, 0.2) is 0 Å². The van der Waals surface area contributed by atoms with Gasteiger partial charge < -0.3 is 31.1 Å². The predicted molar refractivity (Wildman–Crippen MR) is 187 cm³/mol. The summed E-state index contributed by atoms with van der Waals surface area (Å²) in [6.07, 6.45) is 5.54. The van der Waals surface area contributed by atoms with E-state index in [0.717, 1.165) is 82.5 Å². The maximum absolute atomic E-state index is 13.6. The van der Waals surface area contributed by atoms with E-state index in [1.54, 1.807) is 13.0 Å². The molecule has 1 saturated carbocycles. The van der Waals surface area contributed by atoms with E-state index in [1.165, 1.54) is 0 Å². The Morgan fingerprint density at radius 1 is 0.957 bits per heavy atom. The minimum absolute atomic E-state index is 0.0366. The Kier molecular flexibility index (Phi) is 14.4. The monoisotopic (exact) mass is 664 g/mol. The summed E-state index contributed by atoms with van der Waals surface area (Å²) in [6.45, 7) is 12.8. The van der Waals surface area contributed by atoms with Crippen molar-refractivity contribution in [3.63, 3.8) is 0 Å². The normalized spacial score (nSPS) is 20.2. The van der Waals surface area contributed by atoms with Crippen LogP contribution in [0.3, 0.4) is 0 Å². The molecule has 1 saturated heterocycles. The first-order valence-electron chi connectivity index (χ1n) is 17.3. The van der Waals surface area contributed by atoms with Gasteiger partial charge in [0.05, 0.1) is 5.56 Å². The number of halogens is 1. The molecule has 2 fully saturated rings. The molecule has 3 amide bonds. The van der Waals surface area contributed by atoms with Crippen LogP contribution >= 0.6 is 11.6 Å². The number of carbonyl (C=O) groups is 3. The first-order valence-corrected chi connectivity index (χ1v) is 17.7. The van der Waals surface area contributed by atoms with Crippen LogP contribution in [0.15, 0.2) is 36.4 Å². The second-order valence-electron chi connectivity index (χ2n) is 13.6. The number of piperazine rings is 1. The molecule has 2 aromatic rings. The zero-order valence-corrected chi connectivity index (χ0v) is 29.3. The maximum atomic E-state index is 13.6. The van der Waals surface area contributed by atoms with Gasteiger partial charge in [0.25, 0.3) is 5.91 Å². The van der Waals surface area contributed by atoms with Crippen LogP contribution in [0, 0.1) is 18.1 Å². The van der Waals surface area contributed by atoms with Gasteiger partial charge in [0.1, 0.15) is 12.1 Å². The summed E-state index contributed by atoms with van der Waals surface area (Å²) in [5.41, 5.74) is 2.35. The van der Waals surface area contributed by atoms with Crippen molar-refractivity contribution in [1.82, 2.24) is 31.1 Å². The number of hydrogen-bond donors (Lipinski definition) is 4. The molecule has 1 heterocycles. The quantitative estimate of drug-likeness (QED) is 0.213. The average molecular weight is 665 g/mol. The zero-order valence-electron chi connectivity index (χ0n) is 28.5. The van der Waals surface area contributed by atoms with Crippen LogP contribution in [0.25, 0.3) is 0 Å². The lowest BCUT2D eigenvalue weighted by Gasteiger charge is -2.34. The van der Waals surface area contributed by atoms with E-state index < -0.39 is 23.9 Å². The minimum Gasteiger partial charge on any atom is -0.351 e. The highest BCUT2D eigenvalue weighted by Gasteiger charge is 2.32. The molecule has 47 heavy (non-hydrogen) atoms. The number of benzene rings is 1. The molecule has 10 heteroatoms. The first kappa shape index (κ1) is 36.7. The Morgan fingerprint density at radius 2 is 1.72 bits per heavy atom. The van der Waals surface area contributed by atoms with Gasteiger partial charge in [0, 0.05) is 55.3 Å². The number of likely N-dealkylation sites (N-methyl/N-ethyl adjacent to an activating group) is 1. The van der Waals surface area contributed by atoms with Crippen molar-refractivity contribution < 1.29 is 14.4 Å². The molecule has 4 rings (SSSR count). The van der Waals surface area contributed by atoms with Gasteiger partial charge in [-0.2, -0.15) is 0 Å². The number of nitrogens with zero attached hydrogens (tertiary/aromatic N) is 2. The molecule has 9 nitrogen and oxygen atoms in total. The van der Waals surface area contributed by atoms with Crippen LogP contribution in [-0.4, -0.2) is 92.0 Å². The van der Waals surface area contributed by atoms with Crippen molar-refractivity contribution in [3.8, 4) is 0 Å². The molecule has 256 valence electrons. The van der Waals surface area contributed by atoms with E-state index in [0.29, 0.717) is 23.6 Å². The first-order chi connectivity index (χ1) is 22.6. The summed E-state index contributed by atoms with van der Waals surface area (Å²) in [7, 11) is 2.17. The summed E-state index contributed by atoms with van der Waals surface area (Å²) in [4.78, 5) is 44.6. The fourth-order valence-corrected chi connectivity index (χ4v) is 6.63. The lowest BCUT2D eigenvalue weighted by molar-refractivity contribution is -0.130. The van der Waals surface area contributed by atoms with Crippen molar-refractivity contribution in [2.24, 2.45) is 5.92 Å². The lowest BCUT2D eigenvalue weighted by atomic mass is 9.80. The highest BCUT2D eigenvalue weighted by molar-refractivity contribution is 6.30. The topological polar surface area (TPSA) is 106 Å². The van der Waals surface area contributed by atoms with E-state index >= 15 is 0 Å². The largest absolute Gasteiger partial charge is 0.351 e. The van der Waals surface area contributed by atoms with E-state index in [-0.39, 0.29) is 23.8 Å². The number of carbonyl (C=O) groups excluding carboxylic acids is 3. The fourth-order valence-electron chi connectivity index (χ4n) is 6.44. The molecule has 1 unspecified atom stereocenters. The smallest absolute Gasteiger partial charge is 0.260 e. The van der Waals surface area contributed by atoms with Gasteiger partial charge >= 0.3 is 0 Å². The molecule has 2 aliphatic rings.